The number of rotatable bonds is 6. The van der Waals surface area contributed by atoms with Crippen molar-refractivity contribution in [3.63, 3.8) is 0 Å². The number of carboxylic acid groups (broad SMARTS) is 1. The lowest BCUT2D eigenvalue weighted by atomic mass is 9.95. The monoisotopic (exact) mass is 471 g/mol. The molecule has 0 radical (unpaired) electrons. The van der Waals surface area contributed by atoms with Gasteiger partial charge in [-0.2, -0.15) is 5.26 Å². The zero-order valence-corrected chi connectivity index (χ0v) is 19.7. The number of benzene rings is 3. The van der Waals surface area contributed by atoms with Gasteiger partial charge in [0.2, 0.25) is 0 Å². The number of carboxylic acids is 1. The fourth-order valence-electron chi connectivity index (χ4n) is 4.31. The van der Waals surface area contributed by atoms with E-state index < -0.39 is 12.0 Å². The molecule has 6 heteroatoms. The minimum Gasteiger partial charge on any atom is -0.480 e. The molecular weight excluding hydrogens is 446 g/mol. The number of nitrogens with one attached hydrogen (secondary N) is 1. The molecule has 0 bridgehead atoms. The van der Waals surface area contributed by atoms with Crippen molar-refractivity contribution in [3.05, 3.63) is 93.5 Å². The largest absolute Gasteiger partial charge is 0.480 e. The molecule has 4 rings (SSSR count). The molecule has 3 aromatic carbocycles. The summed E-state index contributed by atoms with van der Waals surface area (Å²) in [6.45, 7) is 4.42. The smallest absolute Gasteiger partial charge is 0.322 e. The second kappa shape index (κ2) is 10.7. The lowest BCUT2D eigenvalue weighted by molar-refractivity contribution is -0.144. The van der Waals surface area contributed by atoms with E-state index in [1.807, 2.05) is 84.6 Å². The summed E-state index contributed by atoms with van der Waals surface area (Å²) >= 11 is 6.62. The molecule has 0 amide bonds. The standard InChI is InChI=1S/C28H26ClN3O2/c1-19-14-22(26(29)15-23(19)18-32-13-12-31-17-27(32)28(33)34)11-10-21-8-5-9-24(25(21)16-30)20-6-3-2-4-7-20/h2-11,14-15,27,31H,12-13,17-18H2,1H3,(H,33,34)/b11-10+/t27-/m0/s1. The van der Waals surface area contributed by atoms with Crippen molar-refractivity contribution in [1.82, 2.24) is 10.2 Å². The molecule has 1 saturated heterocycles. The molecule has 0 saturated carbocycles. The van der Waals surface area contributed by atoms with Crippen LogP contribution in [0.15, 0.2) is 60.7 Å². The predicted octanol–water partition coefficient (Wildman–Crippen LogP) is 5.22. The highest BCUT2D eigenvalue weighted by Crippen LogP contribution is 2.29. The number of piperazine rings is 1. The zero-order chi connectivity index (χ0) is 24.1. The van der Waals surface area contributed by atoms with E-state index in [2.05, 4.69) is 11.4 Å². The van der Waals surface area contributed by atoms with Gasteiger partial charge in [0.25, 0.3) is 0 Å². The highest BCUT2D eigenvalue weighted by atomic mass is 35.5. The molecule has 5 nitrogen and oxygen atoms in total. The van der Waals surface area contributed by atoms with Gasteiger partial charge in [0, 0.05) is 36.8 Å². The van der Waals surface area contributed by atoms with E-state index in [1.54, 1.807) is 0 Å². The fraction of sp³-hybridized carbons (Fsp3) is 0.214. The normalized spacial score (nSPS) is 16.4. The number of hydrogen-bond donors (Lipinski definition) is 2. The Balaban J connectivity index is 1.60. The predicted molar refractivity (Wildman–Crippen MR) is 136 cm³/mol. The first-order valence-electron chi connectivity index (χ1n) is 11.2. The molecule has 1 fully saturated rings. The maximum absolute atomic E-state index is 11.6. The van der Waals surface area contributed by atoms with Gasteiger partial charge in [0.1, 0.15) is 12.1 Å². The van der Waals surface area contributed by atoms with Crippen LogP contribution < -0.4 is 5.32 Å². The number of carbonyl (C=O) groups is 1. The van der Waals surface area contributed by atoms with E-state index >= 15 is 0 Å². The summed E-state index contributed by atoms with van der Waals surface area (Å²) in [5.41, 5.74) is 6.25. The van der Waals surface area contributed by atoms with Gasteiger partial charge in [-0.1, -0.05) is 78.4 Å². The third-order valence-electron chi connectivity index (χ3n) is 6.20. The summed E-state index contributed by atoms with van der Waals surface area (Å²) in [5, 5.41) is 23.1. The number of hydrogen-bond acceptors (Lipinski definition) is 4. The summed E-state index contributed by atoms with van der Waals surface area (Å²) < 4.78 is 0. The minimum atomic E-state index is -0.818. The van der Waals surface area contributed by atoms with Crippen LogP contribution >= 0.6 is 11.6 Å². The Morgan fingerprint density at radius 1 is 1.18 bits per heavy atom. The van der Waals surface area contributed by atoms with E-state index in [-0.39, 0.29) is 0 Å². The van der Waals surface area contributed by atoms with Gasteiger partial charge >= 0.3 is 5.97 Å². The van der Waals surface area contributed by atoms with Crippen molar-refractivity contribution in [2.75, 3.05) is 19.6 Å². The first kappa shape index (κ1) is 23.7. The van der Waals surface area contributed by atoms with Gasteiger partial charge in [-0.3, -0.25) is 9.69 Å². The second-order valence-electron chi connectivity index (χ2n) is 8.41. The van der Waals surface area contributed by atoms with Crippen molar-refractivity contribution in [1.29, 1.82) is 5.26 Å². The van der Waals surface area contributed by atoms with E-state index in [0.29, 0.717) is 30.2 Å². The lowest BCUT2D eigenvalue weighted by Gasteiger charge is -2.33. The summed E-state index contributed by atoms with van der Waals surface area (Å²) in [6.07, 6.45) is 3.84. The van der Waals surface area contributed by atoms with Crippen molar-refractivity contribution in [2.24, 2.45) is 0 Å². The topological polar surface area (TPSA) is 76.4 Å². The van der Waals surface area contributed by atoms with Crippen molar-refractivity contribution >= 4 is 29.7 Å². The Hall–Kier alpha value is -3.43. The Labute approximate surface area is 204 Å². The van der Waals surface area contributed by atoms with Crippen molar-refractivity contribution in [3.8, 4) is 17.2 Å². The molecule has 1 aliphatic heterocycles. The molecule has 3 aromatic rings. The van der Waals surface area contributed by atoms with Gasteiger partial charge in [0.15, 0.2) is 0 Å². The van der Waals surface area contributed by atoms with Crippen LogP contribution in [0.2, 0.25) is 5.02 Å². The second-order valence-corrected chi connectivity index (χ2v) is 8.82. The quantitative estimate of drug-likeness (QED) is 0.482. The summed E-state index contributed by atoms with van der Waals surface area (Å²) in [5.74, 6) is -0.818. The average Bonchev–Trinajstić information content (AvgIpc) is 2.85. The Morgan fingerprint density at radius 3 is 2.68 bits per heavy atom. The summed E-state index contributed by atoms with van der Waals surface area (Å²) in [4.78, 5) is 13.6. The first-order valence-corrected chi connectivity index (χ1v) is 11.6. The van der Waals surface area contributed by atoms with Crippen LogP contribution in [0.1, 0.15) is 27.8 Å². The first-order chi connectivity index (χ1) is 16.5. The van der Waals surface area contributed by atoms with E-state index in [1.165, 1.54) is 0 Å². The number of halogens is 1. The van der Waals surface area contributed by atoms with Crippen LogP contribution in [0.25, 0.3) is 23.3 Å². The van der Waals surface area contributed by atoms with Crippen molar-refractivity contribution < 1.29 is 9.90 Å². The number of aliphatic carboxylic acids is 1. The Bertz CT molecular complexity index is 1260. The highest BCUT2D eigenvalue weighted by Gasteiger charge is 2.28. The Kier molecular flexibility index (Phi) is 7.44. The maximum atomic E-state index is 11.6. The molecule has 34 heavy (non-hydrogen) atoms. The van der Waals surface area contributed by atoms with Gasteiger partial charge in [0.05, 0.1) is 5.56 Å². The molecule has 2 N–H and O–H groups in total. The van der Waals surface area contributed by atoms with E-state index in [9.17, 15) is 15.2 Å². The minimum absolute atomic E-state index is 0.437. The zero-order valence-electron chi connectivity index (χ0n) is 19.0. The summed E-state index contributed by atoms with van der Waals surface area (Å²) in [6, 6.07) is 21.4. The fourth-order valence-corrected chi connectivity index (χ4v) is 4.56. The van der Waals surface area contributed by atoms with Crippen LogP contribution in [0.5, 0.6) is 0 Å². The molecule has 0 unspecified atom stereocenters. The van der Waals surface area contributed by atoms with Crippen molar-refractivity contribution in [2.45, 2.75) is 19.5 Å². The third-order valence-corrected chi connectivity index (χ3v) is 6.53. The van der Waals surface area contributed by atoms with E-state index in [4.69, 9.17) is 11.6 Å². The van der Waals surface area contributed by atoms with Crippen LogP contribution in [0.4, 0.5) is 0 Å². The van der Waals surface area contributed by atoms with Crippen LogP contribution in [0, 0.1) is 18.3 Å². The van der Waals surface area contributed by atoms with Gasteiger partial charge in [-0.05, 0) is 40.8 Å². The summed E-state index contributed by atoms with van der Waals surface area (Å²) in [7, 11) is 0. The average molecular weight is 472 g/mol. The molecule has 0 aliphatic carbocycles. The SMILES string of the molecule is Cc1cc(/C=C/c2cccc(-c3ccccc3)c2C#N)c(Cl)cc1CN1CCNC[C@H]1C(=O)O. The van der Waals surface area contributed by atoms with Gasteiger partial charge in [-0.25, -0.2) is 0 Å². The number of aryl methyl sites for hydroxylation is 1. The molecule has 172 valence electrons. The van der Waals surface area contributed by atoms with Crippen LogP contribution in [-0.2, 0) is 11.3 Å². The Morgan fingerprint density at radius 2 is 1.94 bits per heavy atom. The van der Waals surface area contributed by atoms with E-state index in [0.717, 1.165) is 39.9 Å². The molecule has 0 spiro atoms. The van der Waals surface area contributed by atoms with Gasteiger partial charge < -0.3 is 10.4 Å². The molecule has 1 atom stereocenters. The van der Waals surface area contributed by atoms with Crippen LogP contribution in [-0.4, -0.2) is 41.7 Å². The van der Waals surface area contributed by atoms with Gasteiger partial charge in [-0.15, -0.1) is 0 Å². The third kappa shape index (κ3) is 5.21. The molecule has 1 heterocycles. The molecule has 0 aromatic heterocycles. The molecular formula is C28H26ClN3O2. The lowest BCUT2D eigenvalue weighted by Crippen LogP contribution is -2.54. The number of nitrogens with zero attached hydrogens (tertiary/aromatic N) is 2. The number of nitriles is 1. The maximum Gasteiger partial charge on any atom is 0.322 e. The highest BCUT2D eigenvalue weighted by molar-refractivity contribution is 6.32. The molecule has 1 aliphatic rings. The van der Waals surface area contributed by atoms with Crippen LogP contribution in [0.3, 0.4) is 0 Å².